The zero-order valence-electron chi connectivity index (χ0n) is 5.96. The molecule has 0 aliphatic carbocycles. The van der Waals surface area contributed by atoms with Gasteiger partial charge in [0, 0.05) is 12.6 Å². The third-order valence-corrected chi connectivity index (χ3v) is 1.54. The molecule has 9 heavy (non-hydrogen) atoms. The molecule has 0 fully saturated rings. The van der Waals surface area contributed by atoms with Crippen molar-refractivity contribution in [2.75, 3.05) is 20.3 Å². The van der Waals surface area contributed by atoms with E-state index in [-0.39, 0.29) is 25.2 Å². The molecular formula is C6H15NO2. The lowest BCUT2D eigenvalue weighted by atomic mass is 10.0. The molecule has 0 spiro atoms. The van der Waals surface area contributed by atoms with Crippen molar-refractivity contribution in [2.45, 2.75) is 13.0 Å². The molecular weight excluding hydrogens is 118 g/mol. The molecule has 0 aliphatic rings. The first-order valence-corrected chi connectivity index (χ1v) is 3.15. The van der Waals surface area contributed by atoms with Gasteiger partial charge in [-0.25, -0.2) is 0 Å². The van der Waals surface area contributed by atoms with E-state index in [1.54, 1.807) is 7.05 Å². The average Bonchev–Trinajstić information content (AvgIpc) is 1.90. The van der Waals surface area contributed by atoms with Crippen LogP contribution in [0.5, 0.6) is 0 Å². The summed E-state index contributed by atoms with van der Waals surface area (Å²) in [5.41, 5.74) is 0. The first kappa shape index (κ1) is 8.88. The van der Waals surface area contributed by atoms with Crippen LogP contribution in [0.25, 0.3) is 0 Å². The summed E-state index contributed by atoms with van der Waals surface area (Å²) in [6.45, 7) is 2.08. The molecule has 0 aromatic carbocycles. The van der Waals surface area contributed by atoms with Crippen LogP contribution in [-0.2, 0) is 0 Å². The topological polar surface area (TPSA) is 52.5 Å². The number of hydrogen-bond donors (Lipinski definition) is 3. The monoisotopic (exact) mass is 133 g/mol. The molecule has 3 N–H and O–H groups in total. The third kappa shape index (κ3) is 2.79. The van der Waals surface area contributed by atoms with Gasteiger partial charge in [-0.2, -0.15) is 0 Å². The maximum atomic E-state index is 8.65. The van der Waals surface area contributed by atoms with Gasteiger partial charge in [-0.3, -0.25) is 0 Å². The summed E-state index contributed by atoms with van der Waals surface area (Å²) >= 11 is 0. The van der Waals surface area contributed by atoms with Gasteiger partial charge in [-0.15, -0.1) is 0 Å². The molecule has 3 nitrogen and oxygen atoms in total. The van der Waals surface area contributed by atoms with Gasteiger partial charge in [0.25, 0.3) is 0 Å². The third-order valence-electron chi connectivity index (χ3n) is 1.54. The maximum absolute atomic E-state index is 8.65. The Labute approximate surface area is 55.7 Å². The quantitative estimate of drug-likeness (QED) is 0.470. The van der Waals surface area contributed by atoms with Crippen molar-refractivity contribution >= 4 is 0 Å². The van der Waals surface area contributed by atoms with Crippen LogP contribution >= 0.6 is 0 Å². The van der Waals surface area contributed by atoms with Crippen molar-refractivity contribution < 1.29 is 10.2 Å². The number of aliphatic hydroxyl groups is 2. The molecule has 0 radical (unpaired) electrons. The summed E-state index contributed by atoms with van der Waals surface area (Å²) in [4.78, 5) is 0. The van der Waals surface area contributed by atoms with Crippen LogP contribution in [-0.4, -0.2) is 36.5 Å². The molecule has 0 saturated heterocycles. The molecule has 3 heteroatoms. The van der Waals surface area contributed by atoms with Gasteiger partial charge in [0.2, 0.25) is 0 Å². The van der Waals surface area contributed by atoms with Crippen LogP contribution in [0.15, 0.2) is 0 Å². The van der Waals surface area contributed by atoms with E-state index in [0.717, 1.165) is 0 Å². The molecule has 0 saturated carbocycles. The van der Waals surface area contributed by atoms with Crippen molar-refractivity contribution in [2.24, 2.45) is 5.92 Å². The average molecular weight is 133 g/mol. The van der Waals surface area contributed by atoms with E-state index >= 15 is 0 Å². The Balaban J connectivity index is 3.50. The molecule has 0 aliphatic heterocycles. The fourth-order valence-electron chi connectivity index (χ4n) is 0.683. The number of rotatable bonds is 4. The highest BCUT2D eigenvalue weighted by atomic mass is 16.3. The minimum atomic E-state index is 0.0231. The lowest BCUT2D eigenvalue weighted by Gasteiger charge is -2.18. The maximum Gasteiger partial charge on any atom is 0.0588 e. The number of hydrogen-bond acceptors (Lipinski definition) is 3. The Morgan fingerprint density at radius 3 is 2.00 bits per heavy atom. The van der Waals surface area contributed by atoms with Gasteiger partial charge in [0.15, 0.2) is 0 Å². The van der Waals surface area contributed by atoms with Crippen LogP contribution in [0.3, 0.4) is 0 Å². The Bertz CT molecular complexity index is 64.1. The van der Waals surface area contributed by atoms with Gasteiger partial charge in [-0.05, 0) is 13.0 Å². The molecule has 0 aromatic heterocycles. The minimum Gasteiger partial charge on any atom is -0.396 e. The van der Waals surface area contributed by atoms with E-state index in [2.05, 4.69) is 5.32 Å². The van der Waals surface area contributed by atoms with Crippen molar-refractivity contribution in [3.8, 4) is 0 Å². The van der Waals surface area contributed by atoms with Gasteiger partial charge in [0.05, 0.1) is 6.61 Å². The zero-order chi connectivity index (χ0) is 7.28. The second kappa shape index (κ2) is 4.73. The molecule has 0 rings (SSSR count). The van der Waals surface area contributed by atoms with E-state index < -0.39 is 0 Å². The number of likely N-dealkylation sites (N-methyl/N-ethyl adjacent to an activating group) is 1. The van der Waals surface area contributed by atoms with Crippen molar-refractivity contribution in [3.63, 3.8) is 0 Å². The van der Waals surface area contributed by atoms with Crippen LogP contribution < -0.4 is 5.32 Å². The summed E-state index contributed by atoms with van der Waals surface area (Å²) in [6, 6.07) is 0.0231. The second-order valence-electron chi connectivity index (χ2n) is 2.24. The Hall–Kier alpha value is -0.120. The van der Waals surface area contributed by atoms with Gasteiger partial charge < -0.3 is 15.5 Å². The Kier molecular flexibility index (Phi) is 4.67. The van der Waals surface area contributed by atoms with Crippen molar-refractivity contribution in [3.05, 3.63) is 0 Å². The molecule has 56 valence electrons. The standard InChI is InChI=1S/C6H15NO2/c1-5(3-8)6(4-9)7-2/h5-9H,3-4H2,1-2H3. The van der Waals surface area contributed by atoms with E-state index in [1.807, 2.05) is 6.92 Å². The molecule has 0 heterocycles. The Morgan fingerprint density at radius 2 is 1.89 bits per heavy atom. The zero-order valence-corrected chi connectivity index (χ0v) is 5.96. The highest BCUT2D eigenvalue weighted by Gasteiger charge is 2.11. The summed E-state index contributed by atoms with van der Waals surface area (Å²) in [6.07, 6.45) is 0. The van der Waals surface area contributed by atoms with E-state index in [0.29, 0.717) is 0 Å². The van der Waals surface area contributed by atoms with Crippen LogP contribution in [0.1, 0.15) is 6.92 Å². The van der Waals surface area contributed by atoms with Gasteiger partial charge >= 0.3 is 0 Å². The fraction of sp³-hybridized carbons (Fsp3) is 1.00. The predicted molar refractivity (Wildman–Crippen MR) is 36.2 cm³/mol. The molecule has 0 amide bonds. The largest absolute Gasteiger partial charge is 0.396 e. The smallest absolute Gasteiger partial charge is 0.0588 e. The Morgan fingerprint density at radius 1 is 1.33 bits per heavy atom. The number of nitrogens with one attached hydrogen (secondary N) is 1. The van der Waals surface area contributed by atoms with Crippen LogP contribution in [0.2, 0.25) is 0 Å². The summed E-state index contributed by atoms with van der Waals surface area (Å²) in [5.74, 6) is 0.125. The summed E-state index contributed by atoms with van der Waals surface area (Å²) < 4.78 is 0. The molecule has 2 unspecified atom stereocenters. The predicted octanol–water partition coefficient (Wildman–Crippen LogP) is -0.805. The minimum absolute atomic E-state index is 0.0231. The van der Waals surface area contributed by atoms with E-state index in [9.17, 15) is 0 Å². The summed E-state index contributed by atoms with van der Waals surface area (Å²) in [7, 11) is 1.77. The molecule has 0 bridgehead atoms. The SMILES string of the molecule is CNC(CO)C(C)CO. The van der Waals surface area contributed by atoms with Gasteiger partial charge in [0.1, 0.15) is 0 Å². The second-order valence-corrected chi connectivity index (χ2v) is 2.24. The number of aliphatic hydroxyl groups excluding tert-OH is 2. The van der Waals surface area contributed by atoms with Crippen LogP contribution in [0.4, 0.5) is 0 Å². The molecule has 2 atom stereocenters. The van der Waals surface area contributed by atoms with Gasteiger partial charge in [-0.1, -0.05) is 6.92 Å². The highest BCUT2D eigenvalue weighted by molar-refractivity contribution is 4.68. The first-order chi connectivity index (χ1) is 4.26. The normalized spacial score (nSPS) is 17.3. The lowest BCUT2D eigenvalue weighted by Crippen LogP contribution is -2.36. The summed E-state index contributed by atoms with van der Waals surface area (Å²) in [5, 5.41) is 20.2. The van der Waals surface area contributed by atoms with Crippen LogP contribution in [0, 0.1) is 5.92 Å². The van der Waals surface area contributed by atoms with Crippen molar-refractivity contribution in [1.82, 2.24) is 5.32 Å². The fourth-order valence-corrected chi connectivity index (χ4v) is 0.683. The van der Waals surface area contributed by atoms with Crippen molar-refractivity contribution in [1.29, 1.82) is 0 Å². The van der Waals surface area contributed by atoms with E-state index in [4.69, 9.17) is 10.2 Å². The molecule has 0 aromatic rings. The van der Waals surface area contributed by atoms with E-state index in [1.165, 1.54) is 0 Å². The lowest BCUT2D eigenvalue weighted by molar-refractivity contribution is 0.156. The first-order valence-electron chi connectivity index (χ1n) is 3.15. The highest BCUT2D eigenvalue weighted by Crippen LogP contribution is 1.98.